The van der Waals surface area contributed by atoms with Crippen molar-refractivity contribution in [1.29, 1.82) is 0 Å². The standard InChI is InChI=1S/C16H33N/c1-5-6-7-8-9-13-12-14(16(2,3)4)10-11-15(13)17/h13-15H,5-12,17H2,1-4H3. The summed E-state index contributed by atoms with van der Waals surface area (Å²) in [6.07, 6.45) is 10.9. The minimum atomic E-state index is 0.474. The quantitative estimate of drug-likeness (QED) is 0.689. The summed E-state index contributed by atoms with van der Waals surface area (Å²) in [5, 5.41) is 0. The van der Waals surface area contributed by atoms with Crippen LogP contribution in [0.25, 0.3) is 0 Å². The van der Waals surface area contributed by atoms with Gasteiger partial charge in [-0.2, -0.15) is 0 Å². The maximum atomic E-state index is 6.30. The molecule has 0 spiro atoms. The molecular formula is C16H33N. The van der Waals surface area contributed by atoms with Crippen LogP contribution in [0.3, 0.4) is 0 Å². The van der Waals surface area contributed by atoms with Gasteiger partial charge in [-0.15, -0.1) is 0 Å². The highest BCUT2D eigenvalue weighted by Gasteiger charge is 2.33. The maximum Gasteiger partial charge on any atom is 0.00673 e. The molecule has 1 aliphatic rings. The van der Waals surface area contributed by atoms with E-state index in [1.807, 2.05) is 0 Å². The lowest BCUT2D eigenvalue weighted by molar-refractivity contribution is 0.121. The average Bonchev–Trinajstić information content (AvgIpc) is 2.25. The summed E-state index contributed by atoms with van der Waals surface area (Å²) in [6, 6.07) is 0.482. The van der Waals surface area contributed by atoms with Crippen molar-refractivity contribution >= 4 is 0 Å². The second-order valence-electron chi connectivity index (χ2n) is 7.15. The number of rotatable bonds is 5. The molecule has 2 N–H and O–H groups in total. The third-order valence-corrected chi connectivity index (χ3v) is 4.69. The van der Waals surface area contributed by atoms with E-state index in [1.54, 1.807) is 0 Å². The number of unbranched alkanes of at least 4 members (excludes halogenated alkanes) is 3. The molecule has 3 unspecified atom stereocenters. The Hall–Kier alpha value is -0.0400. The second-order valence-corrected chi connectivity index (χ2v) is 7.15. The maximum absolute atomic E-state index is 6.30. The van der Waals surface area contributed by atoms with E-state index in [0.717, 1.165) is 11.8 Å². The fraction of sp³-hybridized carbons (Fsp3) is 1.00. The third kappa shape index (κ3) is 4.99. The zero-order chi connectivity index (χ0) is 12.9. The monoisotopic (exact) mass is 239 g/mol. The van der Waals surface area contributed by atoms with Crippen LogP contribution >= 0.6 is 0 Å². The van der Waals surface area contributed by atoms with Gasteiger partial charge in [-0.3, -0.25) is 0 Å². The van der Waals surface area contributed by atoms with Gasteiger partial charge in [0.25, 0.3) is 0 Å². The minimum Gasteiger partial charge on any atom is -0.327 e. The van der Waals surface area contributed by atoms with E-state index in [2.05, 4.69) is 27.7 Å². The summed E-state index contributed by atoms with van der Waals surface area (Å²) in [5.41, 5.74) is 6.77. The molecule has 0 amide bonds. The summed E-state index contributed by atoms with van der Waals surface area (Å²) in [4.78, 5) is 0. The van der Waals surface area contributed by atoms with Gasteiger partial charge < -0.3 is 5.73 Å². The molecule has 0 aromatic carbocycles. The Balaban J connectivity index is 2.36. The van der Waals surface area contributed by atoms with Gasteiger partial charge in [-0.25, -0.2) is 0 Å². The van der Waals surface area contributed by atoms with Gasteiger partial charge in [0.2, 0.25) is 0 Å². The molecule has 1 fully saturated rings. The van der Waals surface area contributed by atoms with E-state index in [9.17, 15) is 0 Å². The average molecular weight is 239 g/mol. The number of nitrogens with two attached hydrogens (primary N) is 1. The zero-order valence-corrected chi connectivity index (χ0v) is 12.5. The fourth-order valence-electron chi connectivity index (χ4n) is 3.24. The van der Waals surface area contributed by atoms with E-state index in [1.165, 1.54) is 51.4 Å². The van der Waals surface area contributed by atoms with Gasteiger partial charge in [0, 0.05) is 6.04 Å². The highest BCUT2D eigenvalue weighted by Crippen LogP contribution is 2.41. The SMILES string of the molecule is CCCCCCC1CC(C(C)(C)C)CCC1N. The van der Waals surface area contributed by atoms with Crippen molar-refractivity contribution in [1.82, 2.24) is 0 Å². The van der Waals surface area contributed by atoms with Gasteiger partial charge in [0.1, 0.15) is 0 Å². The van der Waals surface area contributed by atoms with E-state index in [4.69, 9.17) is 5.73 Å². The molecule has 1 heteroatoms. The highest BCUT2D eigenvalue weighted by molar-refractivity contribution is 4.87. The van der Waals surface area contributed by atoms with Crippen molar-refractivity contribution in [2.45, 2.75) is 85.1 Å². The lowest BCUT2D eigenvalue weighted by Gasteiger charge is -2.40. The molecule has 1 rings (SSSR count). The van der Waals surface area contributed by atoms with Crippen molar-refractivity contribution in [3.05, 3.63) is 0 Å². The first-order valence-corrected chi connectivity index (χ1v) is 7.70. The van der Waals surface area contributed by atoms with E-state index in [-0.39, 0.29) is 0 Å². The molecule has 0 aromatic heterocycles. The van der Waals surface area contributed by atoms with Crippen LogP contribution in [0.2, 0.25) is 0 Å². The molecule has 0 radical (unpaired) electrons. The molecule has 0 bridgehead atoms. The van der Waals surface area contributed by atoms with Gasteiger partial charge in [0.05, 0.1) is 0 Å². The molecule has 0 heterocycles. The normalized spacial score (nSPS) is 30.5. The molecule has 102 valence electrons. The largest absolute Gasteiger partial charge is 0.327 e. The topological polar surface area (TPSA) is 26.0 Å². The van der Waals surface area contributed by atoms with Gasteiger partial charge in [-0.1, -0.05) is 53.4 Å². The molecule has 1 nitrogen and oxygen atoms in total. The summed E-state index contributed by atoms with van der Waals surface area (Å²) in [5.74, 6) is 1.68. The predicted molar refractivity (Wildman–Crippen MR) is 77.0 cm³/mol. The Morgan fingerprint density at radius 3 is 2.35 bits per heavy atom. The summed E-state index contributed by atoms with van der Waals surface area (Å²) in [6.45, 7) is 9.45. The van der Waals surface area contributed by atoms with E-state index >= 15 is 0 Å². The summed E-state index contributed by atoms with van der Waals surface area (Å²) < 4.78 is 0. The highest BCUT2D eigenvalue weighted by atomic mass is 14.7. The second kappa shape index (κ2) is 6.78. The Labute approximate surface area is 109 Å². The number of hydrogen-bond donors (Lipinski definition) is 1. The zero-order valence-electron chi connectivity index (χ0n) is 12.5. The van der Waals surface area contributed by atoms with Crippen molar-refractivity contribution < 1.29 is 0 Å². The van der Waals surface area contributed by atoms with Crippen LogP contribution in [-0.4, -0.2) is 6.04 Å². The molecular weight excluding hydrogens is 206 g/mol. The van der Waals surface area contributed by atoms with Crippen LogP contribution in [0.5, 0.6) is 0 Å². The third-order valence-electron chi connectivity index (χ3n) is 4.69. The molecule has 17 heavy (non-hydrogen) atoms. The van der Waals surface area contributed by atoms with Crippen LogP contribution < -0.4 is 5.73 Å². The first-order chi connectivity index (χ1) is 7.95. The van der Waals surface area contributed by atoms with Crippen LogP contribution in [0, 0.1) is 17.3 Å². The Morgan fingerprint density at radius 2 is 1.76 bits per heavy atom. The minimum absolute atomic E-state index is 0.474. The molecule has 0 aliphatic heterocycles. The van der Waals surface area contributed by atoms with Crippen molar-refractivity contribution in [2.75, 3.05) is 0 Å². The predicted octanol–water partition coefficient (Wildman–Crippen LogP) is 4.75. The fourth-order valence-corrected chi connectivity index (χ4v) is 3.24. The van der Waals surface area contributed by atoms with E-state index in [0.29, 0.717) is 11.5 Å². The Morgan fingerprint density at radius 1 is 1.06 bits per heavy atom. The van der Waals surface area contributed by atoms with Gasteiger partial charge in [0.15, 0.2) is 0 Å². The molecule has 1 saturated carbocycles. The molecule has 1 aliphatic carbocycles. The molecule has 0 aromatic rings. The molecule has 3 atom stereocenters. The molecule has 0 saturated heterocycles. The lowest BCUT2D eigenvalue weighted by atomic mass is 9.67. The van der Waals surface area contributed by atoms with Crippen molar-refractivity contribution in [3.63, 3.8) is 0 Å². The summed E-state index contributed by atoms with van der Waals surface area (Å²) in [7, 11) is 0. The van der Waals surface area contributed by atoms with Crippen LogP contribution in [0.15, 0.2) is 0 Å². The van der Waals surface area contributed by atoms with Crippen molar-refractivity contribution in [3.8, 4) is 0 Å². The van der Waals surface area contributed by atoms with Crippen molar-refractivity contribution in [2.24, 2.45) is 23.0 Å². The van der Waals surface area contributed by atoms with E-state index < -0.39 is 0 Å². The summed E-state index contributed by atoms with van der Waals surface area (Å²) >= 11 is 0. The van der Waals surface area contributed by atoms with Gasteiger partial charge >= 0.3 is 0 Å². The first kappa shape index (κ1) is 15.0. The Kier molecular flexibility index (Phi) is 5.99. The smallest absolute Gasteiger partial charge is 0.00673 e. The Bertz CT molecular complexity index is 204. The van der Waals surface area contributed by atoms with Gasteiger partial charge in [-0.05, 0) is 42.9 Å². The van der Waals surface area contributed by atoms with Crippen LogP contribution in [-0.2, 0) is 0 Å². The number of hydrogen-bond acceptors (Lipinski definition) is 1. The van der Waals surface area contributed by atoms with Crippen LogP contribution in [0.4, 0.5) is 0 Å². The van der Waals surface area contributed by atoms with Crippen LogP contribution in [0.1, 0.15) is 79.1 Å². The lowest BCUT2D eigenvalue weighted by Crippen LogP contribution is -2.39. The first-order valence-electron chi connectivity index (χ1n) is 7.70.